The highest BCUT2D eigenvalue weighted by Crippen LogP contribution is 2.28. The number of halogens is 1. The van der Waals surface area contributed by atoms with E-state index in [4.69, 9.17) is 0 Å². The van der Waals surface area contributed by atoms with Crippen LogP contribution in [-0.2, 0) is 9.59 Å². The van der Waals surface area contributed by atoms with Gasteiger partial charge >= 0.3 is 0 Å². The zero-order valence-electron chi connectivity index (χ0n) is 13.7. The molecule has 0 unspecified atom stereocenters. The average molecular weight is 326 g/mol. The van der Waals surface area contributed by atoms with Crippen LogP contribution in [0.5, 0.6) is 0 Å². The number of nitrogens with zero attached hydrogens (tertiary/aromatic N) is 1. The number of nitrogens with one attached hydrogen (secondary N) is 1. The molecule has 0 saturated carbocycles. The molecular weight excluding hydrogens is 307 g/mol. The number of rotatable bonds is 3. The van der Waals surface area contributed by atoms with Crippen molar-refractivity contribution < 1.29 is 14.0 Å². The van der Waals surface area contributed by atoms with Crippen molar-refractivity contribution in [2.45, 2.75) is 20.3 Å². The predicted octanol–water partition coefficient (Wildman–Crippen LogP) is 3.43. The number of anilines is 2. The second kappa shape index (κ2) is 6.43. The van der Waals surface area contributed by atoms with Gasteiger partial charge in [-0.25, -0.2) is 4.39 Å². The number of carbonyl (C=O) groups excluding carboxylic acids is 2. The lowest BCUT2D eigenvalue weighted by Crippen LogP contribution is -2.28. The summed E-state index contributed by atoms with van der Waals surface area (Å²) >= 11 is 0. The molecule has 0 radical (unpaired) electrons. The van der Waals surface area contributed by atoms with Crippen molar-refractivity contribution in [3.63, 3.8) is 0 Å². The first-order valence-electron chi connectivity index (χ1n) is 7.88. The Morgan fingerprint density at radius 3 is 2.62 bits per heavy atom. The summed E-state index contributed by atoms with van der Waals surface area (Å²) in [5, 5.41) is 2.85. The van der Waals surface area contributed by atoms with Crippen LogP contribution >= 0.6 is 0 Å². The first-order chi connectivity index (χ1) is 11.5. The fourth-order valence-corrected chi connectivity index (χ4v) is 2.85. The molecule has 0 aromatic heterocycles. The smallest absolute Gasteiger partial charge is 0.229 e. The Morgan fingerprint density at radius 2 is 1.92 bits per heavy atom. The third kappa shape index (κ3) is 3.15. The van der Waals surface area contributed by atoms with E-state index in [1.165, 1.54) is 11.0 Å². The van der Waals surface area contributed by atoms with E-state index in [0.717, 1.165) is 11.1 Å². The molecule has 1 aliphatic rings. The molecule has 124 valence electrons. The monoisotopic (exact) mass is 326 g/mol. The van der Waals surface area contributed by atoms with E-state index in [0.29, 0.717) is 5.69 Å². The number of carbonyl (C=O) groups is 2. The van der Waals surface area contributed by atoms with Crippen LogP contribution in [0.2, 0.25) is 0 Å². The predicted molar refractivity (Wildman–Crippen MR) is 91.4 cm³/mol. The quantitative estimate of drug-likeness (QED) is 0.939. The van der Waals surface area contributed by atoms with Crippen LogP contribution in [0.25, 0.3) is 0 Å². The van der Waals surface area contributed by atoms with Crippen LogP contribution in [0.4, 0.5) is 15.8 Å². The second-order valence-corrected chi connectivity index (χ2v) is 6.15. The maximum absolute atomic E-state index is 13.9. The van der Waals surface area contributed by atoms with E-state index in [1.54, 1.807) is 18.2 Å². The second-order valence-electron chi connectivity index (χ2n) is 6.15. The number of hydrogen-bond donors (Lipinski definition) is 1. The molecule has 1 N–H and O–H groups in total. The topological polar surface area (TPSA) is 49.4 Å². The van der Waals surface area contributed by atoms with Crippen molar-refractivity contribution in [2.75, 3.05) is 16.8 Å². The molecule has 1 saturated heterocycles. The highest BCUT2D eigenvalue weighted by atomic mass is 19.1. The SMILES string of the molecule is Cc1ccc(NC(=O)[C@@H]2CC(=O)N(c3ccccc3F)C2)cc1C. The van der Waals surface area contributed by atoms with Gasteiger partial charge in [-0.1, -0.05) is 18.2 Å². The zero-order valence-corrected chi connectivity index (χ0v) is 13.7. The molecular formula is C19H19FN2O2. The third-order valence-electron chi connectivity index (χ3n) is 4.41. The van der Waals surface area contributed by atoms with Gasteiger partial charge in [0, 0.05) is 18.7 Å². The molecule has 1 fully saturated rings. The third-order valence-corrected chi connectivity index (χ3v) is 4.41. The van der Waals surface area contributed by atoms with E-state index in [1.807, 2.05) is 32.0 Å². The molecule has 0 spiro atoms. The minimum absolute atomic E-state index is 0.0883. The number of amides is 2. The van der Waals surface area contributed by atoms with Crippen molar-refractivity contribution in [3.8, 4) is 0 Å². The highest BCUT2D eigenvalue weighted by molar-refractivity contribution is 6.03. The largest absolute Gasteiger partial charge is 0.326 e. The van der Waals surface area contributed by atoms with E-state index < -0.39 is 11.7 Å². The molecule has 4 nitrogen and oxygen atoms in total. The van der Waals surface area contributed by atoms with Crippen LogP contribution in [0.1, 0.15) is 17.5 Å². The lowest BCUT2D eigenvalue weighted by Gasteiger charge is -2.17. The maximum atomic E-state index is 13.9. The van der Waals surface area contributed by atoms with Crippen molar-refractivity contribution in [2.24, 2.45) is 5.92 Å². The molecule has 0 bridgehead atoms. The van der Waals surface area contributed by atoms with Gasteiger partial charge in [0.25, 0.3) is 0 Å². The van der Waals surface area contributed by atoms with Gasteiger partial charge in [0.1, 0.15) is 5.82 Å². The molecule has 2 aromatic rings. The molecule has 2 amide bonds. The number of benzene rings is 2. The fourth-order valence-electron chi connectivity index (χ4n) is 2.85. The van der Waals surface area contributed by atoms with Crippen molar-refractivity contribution in [1.29, 1.82) is 0 Å². The Labute approximate surface area is 140 Å². The van der Waals surface area contributed by atoms with Gasteiger partial charge in [-0.3, -0.25) is 9.59 Å². The summed E-state index contributed by atoms with van der Waals surface area (Å²) in [5.41, 5.74) is 3.17. The van der Waals surface area contributed by atoms with Gasteiger partial charge in [-0.2, -0.15) is 0 Å². The maximum Gasteiger partial charge on any atom is 0.229 e. The standard InChI is InChI=1S/C19H19FN2O2/c1-12-7-8-15(9-13(12)2)21-19(24)14-10-18(23)22(11-14)17-6-4-3-5-16(17)20/h3-9,14H,10-11H2,1-2H3,(H,21,24)/t14-/m1/s1. The van der Waals surface area contributed by atoms with Crippen molar-refractivity contribution in [1.82, 2.24) is 0 Å². The Bertz CT molecular complexity index is 804. The summed E-state index contributed by atoms with van der Waals surface area (Å²) in [6, 6.07) is 11.8. The summed E-state index contributed by atoms with van der Waals surface area (Å²) in [6.45, 7) is 4.17. The van der Waals surface area contributed by atoms with E-state index in [2.05, 4.69) is 5.32 Å². The summed E-state index contributed by atoms with van der Waals surface area (Å²) < 4.78 is 13.9. The minimum atomic E-state index is -0.487. The van der Waals surface area contributed by atoms with Crippen molar-refractivity contribution >= 4 is 23.2 Å². The fraction of sp³-hybridized carbons (Fsp3) is 0.263. The molecule has 2 aromatic carbocycles. The van der Waals surface area contributed by atoms with Crippen molar-refractivity contribution in [3.05, 3.63) is 59.4 Å². The van der Waals surface area contributed by atoms with Gasteiger partial charge in [-0.05, 0) is 49.2 Å². The lowest BCUT2D eigenvalue weighted by atomic mass is 10.1. The molecule has 1 atom stereocenters. The summed E-state index contributed by atoms with van der Waals surface area (Å²) in [6.07, 6.45) is 0.0883. The van der Waals surface area contributed by atoms with Crippen LogP contribution in [-0.4, -0.2) is 18.4 Å². The summed E-state index contributed by atoms with van der Waals surface area (Å²) in [7, 11) is 0. The molecule has 1 aliphatic heterocycles. The zero-order chi connectivity index (χ0) is 17.3. The Kier molecular flexibility index (Phi) is 4.34. The van der Waals surface area contributed by atoms with E-state index in [-0.39, 0.29) is 30.5 Å². The number of para-hydroxylation sites is 1. The first kappa shape index (κ1) is 16.2. The number of hydrogen-bond acceptors (Lipinski definition) is 2. The minimum Gasteiger partial charge on any atom is -0.326 e. The van der Waals surface area contributed by atoms with Crippen LogP contribution < -0.4 is 10.2 Å². The van der Waals surface area contributed by atoms with Crippen LogP contribution in [0, 0.1) is 25.6 Å². The molecule has 3 rings (SSSR count). The Hall–Kier alpha value is -2.69. The molecule has 24 heavy (non-hydrogen) atoms. The lowest BCUT2D eigenvalue weighted by molar-refractivity contribution is -0.122. The first-order valence-corrected chi connectivity index (χ1v) is 7.88. The number of aryl methyl sites for hydroxylation is 2. The van der Waals surface area contributed by atoms with Crippen LogP contribution in [0.15, 0.2) is 42.5 Å². The van der Waals surface area contributed by atoms with E-state index in [9.17, 15) is 14.0 Å². The Morgan fingerprint density at radius 1 is 1.17 bits per heavy atom. The Balaban J connectivity index is 1.72. The normalized spacial score (nSPS) is 17.2. The van der Waals surface area contributed by atoms with Gasteiger partial charge < -0.3 is 10.2 Å². The van der Waals surface area contributed by atoms with Gasteiger partial charge in [0.2, 0.25) is 11.8 Å². The molecule has 0 aliphatic carbocycles. The van der Waals surface area contributed by atoms with Gasteiger partial charge in [-0.15, -0.1) is 0 Å². The van der Waals surface area contributed by atoms with E-state index >= 15 is 0 Å². The molecule has 5 heteroatoms. The summed E-state index contributed by atoms with van der Waals surface area (Å²) in [5.74, 6) is -1.40. The van der Waals surface area contributed by atoms with Crippen LogP contribution in [0.3, 0.4) is 0 Å². The van der Waals surface area contributed by atoms with Gasteiger partial charge in [0.05, 0.1) is 11.6 Å². The average Bonchev–Trinajstić information content (AvgIpc) is 2.93. The summed E-state index contributed by atoms with van der Waals surface area (Å²) in [4.78, 5) is 26.0. The van der Waals surface area contributed by atoms with Gasteiger partial charge in [0.15, 0.2) is 0 Å². The molecule has 1 heterocycles. The highest BCUT2D eigenvalue weighted by Gasteiger charge is 2.36.